The van der Waals surface area contributed by atoms with Crippen molar-refractivity contribution < 1.29 is 60.0 Å². The number of benzene rings is 2. The Kier molecular flexibility index (Phi) is 6.42. The van der Waals surface area contributed by atoms with Crippen molar-refractivity contribution >= 4 is 29.1 Å². The molecule has 0 unspecified atom stereocenters. The Morgan fingerprint density at radius 1 is 0.905 bits per heavy atom. The van der Waals surface area contributed by atoms with E-state index in [9.17, 15) is 55.2 Å². The van der Waals surface area contributed by atoms with E-state index in [2.05, 4.69) is 5.10 Å². The number of phenols is 4. The number of nitrogens with zero attached hydrogens (tertiary/aromatic N) is 4. The number of rotatable bonds is 5. The van der Waals surface area contributed by atoms with Gasteiger partial charge in [0.1, 0.15) is 5.69 Å². The number of carbonyl (C=O) groups excluding carboxylic acids is 3. The summed E-state index contributed by atoms with van der Waals surface area (Å²) >= 11 is 0. The second-order valence-corrected chi connectivity index (χ2v) is 9.74. The summed E-state index contributed by atoms with van der Waals surface area (Å²) in [6.45, 7) is -0.849. The van der Waals surface area contributed by atoms with Crippen LogP contribution in [0, 0.1) is 0 Å². The van der Waals surface area contributed by atoms with Crippen molar-refractivity contribution in [1.29, 1.82) is 0 Å². The van der Waals surface area contributed by atoms with Crippen LogP contribution in [0.4, 0.5) is 11.4 Å². The smallest absolute Gasteiger partial charge is 0.277 e. The number of nitrogens with two attached hydrogens (primary N) is 1. The van der Waals surface area contributed by atoms with Crippen molar-refractivity contribution in [3.63, 3.8) is 0 Å². The predicted molar refractivity (Wildman–Crippen MR) is 138 cm³/mol. The number of methoxy groups -OCH3 is 1. The van der Waals surface area contributed by atoms with Gasteiger partial charge in [-0.1, -0.05) is 0 Å². The number of phenolic OH excluding ortho intramolecular Hbond substituents is 4. The molecule has 0 radical (unpaired) electrons. The van der Waals surface area contributed by atoms with Crippen LogP contribution in [0.1, 0.15) is 33.0 Å². The molecule has 1 fully saturated rings. The molecule has 3 aromatic rings. The standard InChI is InChI=1S/C25H25N5O12/c1-42-21-19(34)17(32)16(18(33)20(21)35)30-15-12(14(27-30)22(26)36)6-7-28(23(15)37)10-2-4-11(5-3-10)29-9-25(40,41)24(38,39)8-13(29)31/h2-5,32-35,38-41H,6-9H2,1H3,(H2,26,36). The molecule has 17 nitrogen and oxygen atoms in total. The minimum atomic E-state index is -3.05. The maximum absolute atomic E-state index is 13.8. The van der Waals surface area contributed by atoms with Crippen molar-refractivity contribution in [2.45, 2.75) is 24.4 Å². The maximum atomic E-state index is 13.8. The molecular weight excluding hydrogens is 562 g/mol. The minimum absolute atomic E-state index is 0.00477. The lowest BCUT2D eigenvalue weighted by Crippen LogP contribution is -2.67. The topological polar surface area (TPSA) is 273 Å². The molecule has 222 valence electrons. The van der Waals surface area contributed by atoms with E-state index in [0.29, 0.717) is 4.68 Å². The second kappa shape index (κ2) is 9.48. The maximum Gasteiger partial charge on any atom is 0.277 e. The number of carbonyl (C=O) groups is 3. The molecular formula is C25H25N5O12. The molecule has 2 aromatic carbocycles. The first-order valence-corrected chi connectivity index (χ1v) is 12.2. The van der Waals surface area contributed by atoms with Gasteiger partial charge in [0.2, 0.25) is 34.7 Å². The number of amides is 3. The van der Waals surface area contributed by atoms with Crippen LogP contribution < -0.4 is 20.3 Å². The summed E-state index contributed by atoms with van der Waals surface area (Å²) < 4.78 is 5.46. The second-order valence-electron chi connectivity index (χ2n) is 9.74. The fourth-order valence-corrected chi connectivity index (χ4v) is 4.95. The summed E-state index contributed by atoms with van der Waals surface area (Å²) in [5.41, 5.74) is 4.53. The summed E-state index contributed by atoms with van der Waals surface area (Å²) in [6.07, 6.45) is -0.967. The highest BCUT2D eigenvalue weighted by Crippen LogP contribution is 2.53. The molecule has 0 bridgehead atoms. The monoisotopic (exact) mass is 587 g/mol. The van der Waals surface area contributed by atoms with Crippen LogP contribution >= 0.6 is 0 Å². The number of hydrogen-bond acceptors (Lipinski definition) is 13. The molecule has 0 atom stereocenters. The lowest BCUT2D eigenvalue weighted by molar-refractivity contribution is -0.354. The van der Waals surface area contributed by atoms with Gasteiger partial charge in [0.25, 0.3) is 11.8 Å². The van der Waals surface area contributed by atoms with Crippen LogP contribution in [0.5, 0.6) is 28.7 Å². The molecule has 0 spiro atoms. The van der Waals surface area contributed by atoms with Crippen LogP contribution in [-0.2, 0) is 11.2 Å². The molecule has 0 aliphatic carbocycles. The Balaban J connectivity index is 1.55. The van der Waals surface area contributed by atoms with Crippen LogP contribution in [0.2, 0.25) is 0 Å². The molecule has 1 aromatic heterocycles. The normalized spacial score (nSPS) is 17.7. The average Bonchev–Trinajstić information content (AvgIpc) is 3.31. The Hall–Kier alpha value is -5.10. The van der Waals surface area contributed by atoms with Gasteiger partial charge in [-0.05, 0) is 30.7 Å². The third kappa shape index (κ3) is 4.10. The zero-order valence-electron chi connectivity index (χ0n) is 21.7. The number of aliphatic hydroxyl groups is 4. The SMILES string of the molecule is COc1c(O)c(O)c(-n2nc(C(N)=O)c3c2C(=O)N(c2ccc(N4CC(O)(O)C(O)(O)CC4=O)cc2)CC3)c(O)c1O. The van der Waals surface area contributed by atoms with Gasteiger partial charge in [0.05, 0.1) is 20.1 Å². The van der Waals surface area contributed by atoms with Crippen molar-refractivity contribution in [2.75, 3.05) is 30.0 Å². The molecule has 3 heterocycles. The number of fused-ring (bicyclic) bond motifs is 1. The van der Waals surface area contributed by atoms with Crippen LogP contribution in [0.15, 0.2) is 24.3 Å². The zero-order valence-corrected chi connectivity index (χ0v) is 21.7. The predicted octanol–water partition coefficient (Wildman–Crippen LogP) is -1.90. The lowest BCUT2D eigenvalue weighted by atomic mass is 9.95. The van der Waals surface area contributed by atoms with E-state index < -0.39 is 76.7 Å². The first kappa shape index (κ1) is 28.4. The van der Waals surface area contributed by atoms with Crippen LogP contribution in [0.3, 0.4) is 0 Å². The average molecular weight is 587 g/mol. The Morgan fingerprint density at radius 3 is 1.98 bits per heavy atom. The molecule has 0 saturated carbocycles. The lowest BCUT2D eigenvalue weighted by Gasteiger charge is -2.43. The van der Waals surface area contributed by atoms with E-state index in [-0.39, 0.29) is 41.3 Å². The molecule has 10 N–H and O–H groups in total. The van der Waals surface area contributed by atoms with Gasteiger partial charge < -0.3 is 61.1 Å². The fraction of sp³-hybridized carbons (Fsp3) is 0.280. The number of piperidine rings is 1. The van der Waals surface area contributed by atoms with E-state index in [0.717, 1.165) is 12.0 Å². The Labute approximate surface area is 235 Å². The number of ether oxygens (including phenoxy) is 1. The molecule has 42 heavy (non-hydrogen) atoms. The fourth-order valence-electron chi connectivity index (χ4n) is 4.95. The van der Waals surface area contributed by atoms with Gasteiger partial charge in [0, 0.05) is 23.5 Å². The van der Waals surface area contributed by atoms with E-state index in [1.54, 1.807) is 0 Å². The Bertz CT molecular complexity index is 1620. The highest BCUT2D eigenvalue weighted by atomic mass is 16.6. The molecule has 3 amide bonds. The van der Waals surface area contributed by atoms with Crippen molar-refractivity contribution in [1.82, 2.24) is 9.78 Å². The summed E-state index contributed by atoms with van der Waals surface area (Å²) in [7, 11) is 1.05. The van der Waals surface area contributed by atoms with Gasteiger partial charge >= 0.3 is 0 Å². The van der Waals surface area contributed by atoms with Crippen molar-refractivity contribution in [2.24, 2.45) is 5.73 Å². The van der Waals surface area contributed by atoms with E-state index in [1.807, 2.05) is 0 Å². The van der Waals surface area contributed by atoms with Crippen molar-refractivity contribution in [3.8, 4) is 34.4 Å². The van der Waals surface area contributed by atoms with E-state index >= 15 is 0 Å². The van der Waals surface area contributed by atoms with Gasteiger partial charge in [-0.25, -0.2) is 4.68 Å². The van der Waals surface area contributed by atoms with Gasteiger partial charge in [0.15, 0.2) is 22.9 Å². The van der Waals surface area contributed by atoms with Crippen LogP contribution in [-0.4, -0.2) is 100 Å². The largest absolute Gasteiger partial charge is 0.503 e. The summed E-state index contributed by atoms with van der Waals surface area (Å²) in [5, 5.41) is 85.4. The van der Waals surface area contributed by atoms with Gasteiger partial charge in [-0.15, -0.1) is 0 Å². The number of hydrogen-bond donors (Lipinski definition) is 9. The first-order valence-electron chi connectivity index (χ1n) is 12.2. The molecule has 2 aliphatic heterocycles. The first-order chi connectivity index (χ1) is 19.6. The Morgan fingerprint density at radius 2 is 1.45 bits per heavy atom. The van der Waals surface area contributed by atoms with Crippen molar-refractivity contribution in [3.05, 3.63) is 41.2 Å². The number of aromatic nitrogens is 2. The number of primary amides is 1. The highest BCUT2D eigenvalue weighted by molar-refractivity contribution is 6.10. The highest BCUT2D eigenvalue weighted by Gasteiger charge is 2.55. The number of β-amino-alcohol motifs (C(OH)–C–C–N with tert-alkyl or cyclic N) is 2. The quantitative estimate of drug-likeness (QED) is 0.0898. The molecule has 17 heteroatoms. The van der Waals surface area contributed by atoms with E-state index in [4.69, 9.17) is 10.5 Å². The number of aromatic hydroxyl groups is 4. The molecule has 5 rings (SSSR count). The summed E-state index contributed by atoms with van der Waals surface area (Å²) in [5.74, 6) is -13.4. The van der Waals surface area contributed by atoms with Crippen LogP contribution in [0.25, 0.3) is 5.69 Å². The minimum Gasteiger partial charge on any atom is -0.503 e. The molecule has 1 saturated heterocycles. The summed E-state index contributed by atoms with van der Waals surface area (Å²) in [6, 6.07) is 5.57. The summed E-state index contributed by atoms with van der Waals surface area (Å²) in [4.78, 5) is 40.5. The van der Waals surface area contributed by atoms with Gasteiger partial charge in [-0.2, -0.15) is 5.10 Å². The van der Waals surface area contributed by atoms with Gasteiger partial charge in [-0.3, -0.25) is 14.4 Å². The zero-order chi connectivity index (χ0) is 30.9. The third-order valence-corrected chi connectivity index (χ3v) is 7.18. The number of anilines is 2. The molecule has 2 aliphatic rings. The third-order valence-electron chi connectivity index (χ3n) is 7.18. The van der Waals surface area contributed by atoms with E-state index in [1.165, 1.54) is 29.2 Å².